The van der Waals surface area contributed by atoms with Crippen molar-refractivity contribution in [1.29, 1.82) is 5.26 Å². The van der Waals surface area contributed by atoms with Crippen LogP contribution < -0.4 is 0 Å². The van der Waals surface area contributed by atoms with E-state index in [4.69, 9.17) is 10.00 Å². The lowest BCUT2D eigenvalue weighted by Gasteiger charge is -2.40. The Hall–Kier alpha value is -2.86. The third-order valence-corrected chi connectivity index (χ3v) is 6.79. The minimum Gasteiger partial charge on any atom is -0.396 e. The van der Waals surface area contributed by atoms with Crippen LogP contribution in [0.1, 0.15) is 21.5 Å². The molecule has 3 aliphatic rings. The number of fused-ring (bicyclic) bond motifs is 1. The fourth-order valence-electron chi connectivity index (χ4n) is 5.51. The van der Waals surface area contributed by atoms with Crippen molar-refractivity contribution in [1.82, 2.24) is 14.8 Å². The Labute approximate surface area is 179 Å². The molecule has 1 aromatic heterocycles. The number of rotatable bonds is 4. The number of halogens is 1. The molecule has 160 valence electrons. The number of aromatic nitrogens is 1. The molecule has 8 heteroatoms. The first kappa shape index (κ1) is 20.1. The number of pyridine rings is 1. The number of aliphatic hydroxyl groups excluding tert-OH is 1. The quantitative estimate of drug-likeness (QED) is 0.802. The highest BCUT2D eigenvalue weighted by atomic mass is 19.1. The molecule has 1 amide bonds. The Balaban J connectivity index is 1.39. The van der Waals surface area contributed by atoms with Crippen LogP contribution in [-0.4, -0.2) is 70.3 Å². The molecule has 0 saturated carbocycles. The Morgan fingerprint density at radius 1 is 1.29 bits per heavy atom. The van der Waals surface area contributed by atoms with Gasteiger partial charge in [-0.3, -0.25) is 14.7 Å². The lowest BCUT2D eigenvalue weighted by Crippen LogP contribution is -2.55. The van der Waals surface area contributed by atoms with Gasteiger partial charge < -0.3 is 14.7 Å². The van der Waals surface area contributed by atoms with Gasteiger partial charge in [0.2, 0.25) is 0 Å². The molecule has 0 radical (unpaired) electrons. The van der Waals surface area contributed by atoms with Crippen LogP contribution in [0.25, 0.3) is 0 Å². The number of nitriles is 1. The van der Waals surface area contributed by atoms with E-state index in [-0.39, 0.29) is 41.6 Å². The molecule has 5 rings (SSSR count). The van der Waals surface area contributed by atoms with Crippen LogP contribution in [0.5, 0.6) is 0 Å². The molecule has 3 aliphatic heterocycles. The molecular weight excluding hydrogens is 399 g/mol. The largest absolute Gasteiger partial charge is 0.396 e. The summed E-state index contributed by atoms with van der Waals surface area (Å²) in [5.41, 5.74) is 0.881. The van der Waals surface area contributed by atoms with Crippen LogP contribution in [0.4, 0.5) is 4.39 Å². The Morgan fingerprint density at radius 3 is 2.84 bits per heavy atom. The zero-order valence-corrected chi connectivity index (χ0v) is 16.9. The normalized spacial score (nSPS) is 29.6. The molecule has 0 aliphatic carbocycles. The molecule has 3 fully saturated rings. The van der Waals surface area contributed by atoms with Crippen molar-refractivity contribution in [2.75, 3.05) is 32.8 Å². The van der Waals surface area contributed by atoms with Crippen LogP contribution in [0.2, 0.25) is 0 Å². The maximum absolute atomic E-state index is 13.9. The van der Waals surface area contributed by atoms with Crippen molar-refractivity contribution >= 4 is 5.91 Å². The monoisotopic (exact) mass is 422 g/mol. The van der Waals surface area contributed by atoms with Gasteiger partial charge in [-0.2, -0.15) is 5.26 Å². The predicted octanol–water partition coefficient (Wildman–Crippen LogP) is 1.43. The van der Waals surface area contributed by atoms with Gasteiger partial charge in [0.15, 0.2) is 0 Å². The number of amides is 1. The number of benzene rings is 1. The number of morpholine rings is 1. The number of hydrogen-bond acceptors (Lipinski definition) is 6. The van der Waals surface area contributed by atoms with E-state index in [0.717, 1.165) is 24.7 Å². The Morgan fingerprint density at radius 2 is 2.10 bits per heavy atom. The van der Waals surface area contributed by atoms with Crippen LogP contribution in [0, 0.1) is 29.0 Å². The first-order valence-corrected chi connectivity index (χ1v) is 10.4. The number of hydrogen-bond donors (Lipinski definition) is 1. The van der Waals surface area contributed by atoms with Crippen LogP contribution >= 0.6 is 0 Å². The van der Waals surface area contributed by atoms with Crippen molar-refractivity contribution in [3.8, 4) is 6.07 Å². The molecule has 3 saturated heterocycles. The van der Waals surface area contributed by atoms with Crippen LogP contribution in [0.3, 0.4) is 0 Å². The van der Waals surface area contributed by atoms with Gasteiger partial charge >= 0.3 is 0 Å². The molecule has 31 heavy (non-hydrogen) atoms. The second-order valence-corrected chi connectivity index (χ2v) is 8.73. The van der Waals surface area contributed by atoms with E-state index in [1.54, 1.807) is 17.3 Å². The molecule has 1 spiro atoms. The zero-order chi connectivity index (χ0) is 21.6. The third kappa shape index (κ3) is 3.49. The highest BCUT2D eigenvalue weighted by Crippen LogP contribution is 2.49. The summed E-state index contributed by atoms with van der Waals surface area (Å²) in [6, 6.07) is 9.56. The summed E-state index contributed by atoms with van der Waals surface area (Å²) in [6.45, 7) is 2.92. The molecule has 1 aromatic carbocycles. The summed E-state index contributed by atoms with van der Waals surface area (Å²) < 4.78 is 20.3. The number of ether oxygens (including phenoxy) is 1. The van der Waals surface area contributed by atoms with E-state index >= 15 is 0 Å². The number of carbonyl (C=O) groups is 1. The maximum atomic E-state index is 13.9. The van der Waals surface area contributed by atoms with E-state index in [0.29, 0.717) is 19.6 Å². The fraction of sp³-hybridized carbons (Fsp3) is 0.435. The van der Waals surface area contributed by atoms with E-state index in [9.17, 15) is 14.3 Å². The fourth-order valence-corrected chi connectivity index (χ4v) is 5.51. The Kier molecular flexibility index (Phi) is 4.97. The van der Waals surface area contributed by atoms with Gasteiger partial charge in [0.1, 0.15) is 11.4 Å². The molecule has 2 aromatic rings. The van der Waals surface area contributed by atoms with Crippen molar-refractivity contribution in [2.24, 2.45) is 11.8 Å². The minimum atomic E-state index is -0.604. The van der Waals surface area contributed by atoms with Crippen molar-refractivity contribution in [2.45, 2.75) is 18.2 Å². The number of likely N-dealkylation sites (tertiary alicyclic amines) is 2. The lowest BCUT2D eigenvalue weighted by molar-refractivity contribution is -0.108. The van der Waals surface area contributed by atoms with E-state index < -0.39 is 11.4 Å². The van der Waals surface area contributed by atoms with Gasteiger partial charge in [-0.25, -0.2) is 4.39 Å². The Bertz CT molecular complexity index is 1040. The summed E-state index contributed by atoms with van der Waals surface area (Å²) in [7, 11) is 0. The van der Waals surface area contributed by atoms with Gasteiger partial charge in [-0.1, -0.05) is 0 Å². The van der Waals surface area contributed by atoms with Crippen LogP contribution in [0.15, 0.2) is 42.7 Å². The second kappa shape index (κ2) is 7.68. The number of carbonyl (C=O) groups excluding carboxylic acids is 1. The highest BCUT2D eigenvalue weighted by molar-refractivity contribution is 5.94. The zero-order valence-electron chi connectivity index (χ0n) is 16.9. The van der Waals surface area contributed by atoms with Crippen molar-refractivity contribution in [3.05, 3.63) is 65.2 Å². The third-order valence-electron chi connectivity index (χ3n) is 6.79. The van der Waals surface area contributed by atoms with Crippen molar-refractivity contribution in [3.63, 3.8) is 0 Å². The highest BCUT2D eigenvalue weighted by Gasteiger charge is 2.62. The summed E-state index contributed by atoms with van der Waals surface area (Å²) in [5, 5.41) is 19.2. The second-order valence-electron chi connectivity index (χ2n) is 8.73. The molecule has 0 unspecified atom stereocenters. The average Bonchev–Trinajstić information content (AvgIpc) is 3.19. The number of aliphatic hydroxyl groups is 1. The van der Waals surface area contributed by atoms with Gasteiger partial charge in [0.25, 0.3) is 5.91 Å². The van der Waals surface area contributed by atoms with Gasteiger partial charge in [0, 0.05) is 62.6 Å². The molecule has 1 N–H and O–H groups in total. The summed E-state index contributed by atoms with van der Waals surface area (Å²) >= 11 is 0. The standard InChI is InChI=1S/C23H23FN4O3/c24-18-6-16(8-25)5-17(7-18)22(30)28-11-21-19(12-29)20-10-27(13-23(20,14-28)31-21)9-15-1-3-26-4-2-15/h1-7,19-21,29H,9-14H2/t19-,20+,21+,23-/m0/s1. The van der Waals surface area contributed by atoms with Gasteiger partial charge in [-0.15, -0.1) is 0 Å². The number of nitrogens with zero attached hydrogens (tertiary/aromatic N) is 4. The summed E-state index contributed by atoms with van der Waals surface area (Å²) in [5.74, 6) is -0.854. The van der Waals surface area contributed by atoms with E-state index in [1.807, 2.05) is 18.2 Å². The lowest BCUT2D eigenvalue weighted by atomic mass is 9.83. The first-order valence-electron chi connectivity index (χ1n) is 10.4. The van der Waals surface area contributed by atoms with Gasteiger partial charge in [-0.05, 0) is 35.9 Å². The van der Waals surface area contributed by atoms with Crippen LogP contribution in [-0.2, 0) is 11.3 Å². The molecule has 4 atom stereocenters. The molecular formula is C23H23FN4O3. The maximum Gasteiger partial charge on any atom is 0.254 e. The van der Waals surface area contributed by atoms with E-state index in [1.165, 1.54) is 12.1 Å². The topological polar surface area (TPSA) is 89.7 Å². The smallest absolute Gasteiger partial charge is 0.254 e. The van der Waals surface area contributed by atoms with Crippen molar-refractivity contribution < 1.29 is 19.0 Å². The summed E-state index contributed by atoms with van der Waals surface area (Å²) in [6.07, 6.45) is 3.28. The van der Waals surface area contributed by atoms with E-state index in [2.05, 4.69) is 9.88 Å². The summed E-state index contributed by atoms with van der Waals surface area (Å²) in [4.78, 5) is 21.3. The van der Waals surface area contributed by atoms with Gasteiger partial charge in [0.05, 0.1) is 24.3 Å². The molecule has 7 nitrogen and oxygen atoms in total. The SMILES string of the molecule is N#Cc1cc(F)cc(C(=O)N2C[C@H]3O[C@@]4(CN(Cc5ccncc5)C[C@@H]4[C@@H]3CO)C2)c1. The average molecular weight is 422 g/mol. The predicted molar refractivity (Wildman–Crippen MR) is 108 cm³/mol. The molecule has 4 heterocycles. The minimum absolute atomic E-state index is 0.000750. The first-order chi connectivity index (χ1) is 15.0. The molecule has 2 bridgehead atoms.